The summed E-state index contributed by atoms with van der Waals surface area (Å²) < 4.78 is 0. The fourth-order valence-electron chi connectivity index (χ4n) is 1.51. The molecule has 3 nitrogen and oxygen atoms in total. The molecule has 0 atom stereocenters. The first kappa shape index (κ1) is 13.3. The highest BCUT2D eigenvalue weighted by Crippen LogP contribution is 2.31. The van der Waals surface area contributed by atoms with Gasteiger partial charge < -0.3 is 10.4 Å². The Bertz CT molecular complexity index is 456. The van der Waals surface area contributed by atoms with Gasteiger partial charge in [0.25, 0.3) is 0 Å². The first-order chi connectivity index (χ1) is 7.79. The Morgan fingerprint density at radius 3 is 2.29 bits per heavy atom. The van der Waals surface area contributed by atoms with E-state index >= 15 is 0 Å². The van der Waals surface area contributed by atoms with Gasteiger partial charge in [0.05, 0.1) is 5.56 Å². The number of para-hydroxylation sites is 1. The molecule has 0 radical (unpaired) electrons. The topological polar surface area (TPSA) is 49.3 Å². The third kappa shape index (κ3) is 2.67. The van der Waals surface area contributed by atoms with E-state index in [0.717, 1.165) is 0 Å². The molecule has 0 saturated heterocycles. The Hall–Kier alpha value is -1.77. The summed E-state index contributed by atoms with van der Waals surface area (Å²) in [5.74, 6) is -0.0903. The Morgan fingerprint density at radius 2 is 1.82 bits per heavy atom. The maximum absolute atomic E-state index is 12.1. The van der Waals surface area contributed by atoms with Gasteiger partial charge in [-0.05, 0) is 12.1 Å². The van der Waals surface area contributed by atoms with Crippen molar-refractivity contribution in [2.45, 2.75) is 20.8 Å². The number of carbonyl (C=O) groups excluding carboxylic acids is 1. The van der Waals surface area contributed by atoms with E-state index in [2.05, 4.69) is 11.9 Å². The van der Waals surface area contributed by atoms with Crippen LogP contribution in [0.15, 0.2) is 24.8 Å². The molecule has 0 bridgehead atoms. The van der Waals surface area contributed by atoms with E-state index in [0.29, 0.717) is 16.8 Å². The number of ketones is 1. The van der Waals surface area contributed by atoms with Crippen LogP contribution in [-0.2, 0) is 0 Å². The van der Waals surface area contributed by atoms with E-state index in [1.54, 1.807) is 25.2 Å². The van der Waals surface area contributed by atoms with Gasteiger partial charge in [0.1, 0.15) is 5.75 Å². The van der Waals surface area contributed by atoms with E-state index in [9.17, 15) is 9.90 Å². The fraction of sp³-hybridized carbons (Fsp3) is 0.357. The minimum absolute atomic E-state index is 0.00762. The molecule has 0 aliphatic carbocycles. The van der Waals surface area contributed by atoms with Crippen molar-refractivity contribution in [1.82, 2.24) is 5.32 Å². The lowest BCUT2D eigenvalue weighted by Crippen LogP contribution is -2.20. The minimum Gasteiger partial charge on any atom is -0.506 e. The van der Waals surface area contributed by atoms with Crippen LogP contribution in [0.2, 0.25) is 0 Å². The summed E-state index contributed by atoms with van der Waals surface area (Å²) in [6.07, 6.45) is 0. The summed E-state index contributed by atoms with van der Waals surface area (Å²) in [7, 11) is 1.72. The molecule has 0 saturated carbocycles. The van der Waals surface area contributed by atoms with Crippen LogP contribution >= 0.6 is 0 Å². The number of phenols is 1. The zero-order valence-electron chi connectivity index (χ0n) is 10.8. The van der Waals surface area contributed by atoms with Crippen LogP contribution in [0.1, 0.15) is 36.7 Å². The van der Waals surface area contributed by atoms with Gasteiger partial charge in [-0.15, -0.1) is 0 Å². The largest absolute Gasteiger partial charge is 0.506 e. The van der Waals surface area contributed by atoms with Gasteiger partial charge in [-0.3, -0.25) is 4.79 Å². The van der Waals surface area contributed by atoms with E-state index in [4.69, 9.17) is 0 Å². The summed E-state index contributed by atoms with van der Waals surface area (Å²) in [6, 6.07) is 5.11. The molecule has 0 amide bonds. The van der Waals surface area contributed by atoms with Crippen LogP contribution in [0.3, 0.4) is 0 Å². The van der Waals surface area contributed by atoms with Gasteiger partial charge in [-0.25, -0.2) is 0 Å². The van der Waals surface area contributed by atoms with Gasteiger partial charge in [0.15, 0.2) is 5.78 Å². The van der Waals surface area contributed by atoms with E-state index in [1.165, 1.54) is 0 Å². The normalized spacial score (nSPS) is 11.1. The van der Waals surface area contributed by atoms with E-state index in [-0.39, 0.29) is 11.5 Å². The van der Waals surface area contributed by atoms with Crippen LogP contribution in [0.4, 0.5) is 0 Å². The molecule has 2 N–H and O–H groups in total. The molecule has 0 aliphatic rings. The van der Waals surface area contributed by atoms with E-state index in [1.807, 2.05) is 20.8 Å². The second kappa shape index (κ2) is 4.62. The molecule has 0 spiro atoms. The van der Waals surface area contributed by atoms with Crippen molar-refractivity contribution >= 4 is 11.5 Å². The highest BCUT2D eigenvalue weighted by molar-refractivity contribution is 6.03. The first-order valence-electron chi connectivity index (χ1n) is 5.53. The lowest BCUT2D eigenvalue weighted by molar-refractivity contribution is 0.0855. The fourth-order valence-corrected chi connectivity index (χ4v) is 1.51. The Morgan fingerprint density at radius 1 is 1.29 bits per heavy atom. The predicted octanol–water partition coefficient (Wildman–Crippen LogP) is 2.81. The summed E-state index contributed by atoms with van der Waals surface area (Å²) in [5.41, 5.74) is 0.969. The van der Waals surface area contributed by atoms with Gasteiger partial charge in [0.2, 0.25) is 0 Å². The average molecular weight is 233 g/mol. The van der Waals surface area contributed by atoms with Crippen LogP contribution in [-0.4, -0.2) is 17.9 Å². The Labute approximate surface area is 102 Å². The predicted molar refractivity (Wildman–Crippen MR) is 70.0 cm³/mol. The highest BCUT2D eigenvalue weighted by atomic mass is 16.3. The van der Waals surface area contributed by atoms with E-state index < -0.39 is 5.41 Å². The summed E-state index contributed by atoms with van der Waals surface area (Å²) in [4.78, 5) is 12.1. The number of rotatable bonds is 3. The van der Waals surface area contributed by atoms with Gasteiger partial charge in [0, 0.05) is 23.7 Å². The molecule has 3 heteroatoms. The zero-order chi connectivity index (χ0) is 13.2. The van der Waals surface area contributed by atoms with Crippen molar-refractivity contribution < 1.29 is 9.90 Å². The Balaban J connectivity index is 3.29. The number of nitrogens with one attached hydrogen (secondary N) is 1. The molecule has 1 aromatic rings. The molecule has 0 aliphatic heterocycles. The first-order valence-corrected chi connectivity index (χ1v) is 5.53. The van der Waals surface area contributed by atoms with Crippen LogP contribution in [0.25, 0.3) is 5.70 Å². The monoisotopic (exact) mass is 233 g/mol. The molecule has 0 aromatic heterocycles. The maximum Gasteiger partial charge on any atom is 0.171 e. The summed E-state index contributed by atoms with van der Waals surface area (Å²) >= 11 is 0. The quantitative estimate of drug-likeness (QED) is 0.789. The molecule has 1 aromatic carbocycles. The van der Waals surface area contributed by atoms with Crippen molar-refractivity contribution in [3.05, 3.63) is 35.9 Å². The summed E-state index contributed by atoms with van der Waals surface area (Å²) in [5, 5.41) is 13.0. The standard InChI is InChI=1S/C14H19NO2/c1-9(15-5)10-7-6-8-11(12(10)16)13(17)14(2,3)4/h6-8,15-16H,1H2,2-5H3. The average Bonchev–Trinajstić information content (AvgIpc) is 2.26. The lowest BCUT2D eigenvalue weighted by atomic mass is 9.85. The number of carbonyl (C=O) groups is 1. The molecule has 92 valence electrons. The van der Waals surface area contributed by atoms with Gasteiger partial charge in [-0.2, -0.15) is 0 Å². The Kier molecular flexibility index (Phi) is 3.61. The molecule has 0 fully saturated rings. The van der Waals surface area contributed by atoms with Crippen molar-refractivity contribution in [3.8, 4) is 5.75 Å². The second-order valence-electron chi connectivity index (χ2n) is 5.01. The molecule has 0 heterocycles. The lowest BCUT2D eigenvalue weighted by Gasteiger charge is -2.18. The third-order valence-electron chi connectivity index (χ3n) is 2.59. The smallest absolute Gasteiger partial charge is 0.171 e. The van der Waals surface area contributed by atoms with Gasteiger partial charge >= 0.3 is 0 Å². The van der Waals surface area contributed by atoms with Crippen molar-refractivity contribution in [2.24, 2.45) is 5.41 Å². The number of hydrogen-bond acceptors (Lipinski definition) is 3. The van der Waals surface area contributed by atoms with Crippen molar-refractivity contribution in [3.63, 3.8) is 0 Å². The minimum atomic E-state index is -0.517. The molecule has 0 unspecified atom stereocenters. The number of aromatic hydroxyl groups is 1. The third-order valence-corrected chi connectivity index (χ3v) is 2.59. The SMILES string of the molecule is C=C(NC)c1cccc(C(=O)C(C)(C)C)c1O. The molecular weight excluding hydrogens is 214 g/mol. The molecule has 17 heavy (non-hydrogen) atoms. The number of phenolic OH excluding ortho intramolecular Hbond substituents is 1. The van der Waals surface area contributed by atoms with Crippen LogP contribution in [0, 0.1) is 5.41 Å². The maximum atomic E-state index is 12.1. The molecular formula is C14H19NO2. The number of Topliss-reactive ketones (excluding diaryl/α,β-unsaturated/α-hetero) is 1. The summed E-state index contributed by atoms with van der Waals surface area (Å²) in [6.45, 7) is 9.27. The van der Waals surface area contributed by atoms with Crippen LogP contribution < -0.4 is 5.32 Å². The number of hydrogen-bond donors (Lipinski definition) is 2. The van der Waals surface area contributed by atoms with Crippen molar-refractivity contribution in [2.75, 3.05) is 7.05 Å². The van der Waals surface area contributed by atoms with Crippen LogP contribution in [0.5, 0.6) is 5.75 Å². The highest BCUT2D eigenvalue weighted by Gasteiger charge is 2.26. The van der Waals surface area contributed by atoms with Gasteiger partial charge in [-0.1, -0.05) is 33.4 Å². The zero-order valence-corrected chi connectivity index (χ0v) is 10.8. The van der Waals surface area contributed by atoms with Crippen molar-refractivity contribution in [1.29, 1.82) is 0 Å². The molecule has 1 rings (SSSR count). The second-order valence-corrected chi connectivity index (χ2v) is 5.01. The number of benzene rings is 1.